The quantitative estimate of drug-likeness (QED) is 0.265. The highest BCUT2D eigenvalue weighted by molar-refractivity contribution is 14.0. The summed E-state index contributed by atoms with van der Waals surface area (Å²) in [6.45, 7) is 7.90. The van der Waals surface area contributed by atoms with Crippen molar-refractivity contribution in [2.45, 2.75) is 32.1 Å². The molecule has 0 spiro atoms. The van der Waals surface area contributed by atoms with E-state index in [2.05, 4.69) is 29.7 Å². The van der Waals surface area contributed by atoms with E-state index in [0.717, 1.165) is 50.8 Å². The van der Waals surface area contributed by atoms with E-state index in [1.165, 1.54) is 5.56 Å². The Kier molecular flexibility index (Phi) is 9.43. The molecule has 5 nitrogen and oxygen atoms in total. The van der Waals surface area contributed by atoms with Crippen molar-refractivity contribution in [1.82, 2.24) is 10.6 Å². The number of ether oxygens (including phenoxy) is 2. The van der Waals surface area contributed by atoms with Gasteiger partial charge in [-0.15, -0.1) is 24.0 Å². The zero-order valence-corrected chi connectivity index (χ0v) is 17.3. The molecule has 0 atom stereocenters. The molecule has 1 fully saturated rings. The van der Waals surface area contributed by atoms with Crippen molar-refractivity contribution < 1.29 is 9.47 Å². The fourth-order valence-corrected chi connectivity index (χ4v) is 2.70. The lowest BCUT2D eigenvalue weighted by molar-refractivity contribution is 0.152. The Morgan fingerprint density at radius 1 is 1.21 bits per heavy atom. The molecule has 1 aromatic rings. The molecule has 2 N–H and O–H groups in total. The van der Waals surface area contributed by atoms with Gasteiger partial charge in [-0.25, -0.2) is 0 Å². The number of para-hydroxylation sites is 1. The molecule has 0 bridgehead atoms. The van der Waals surface area contributed by atoms with E-state index < -0.39 is 0 Å². The van der Waals surface area contributed by atoms with Crippen molar-refractivity contribution in [2.24, 2.45) is 4.99 Å². The minimum absolute atomic E-state index is 0. The molecule has 6 heteroatoms. The van der Waals surface area contributed by atoms with Gasteiger partial charge in [-0.1, -0.05) is 18.2 Å². The molecule has 1 aliphatic carbocycles. The monoisotopic (exact) mass is 447 g/mol. The highest BCUT2D eigenvalue weighted by atomic mass is 127. The van der Waals surface area contributed by atoms with Crippen molar-refractivity contribution >= 4 is 29.9 Å². The summed E-state index contributed by atoms with van der Waals surface area (Å²) in [6.07, 6.45) is 2.32. The van der Waals surface area contributed by atoms with E-state index in [1.807, 2.05) is 19.1 Å². The van der Waals surface area contributed by atoms with Crippen LogP contribution in [0.2, 0.25) is 0 Å². The largest absolute Gasteiger partial charge is 0.496 e. The van der Waals surface area contributed by atoms with E-state index >= 15 is 0 Å². The maximum atomic E-state index is 5.52. The highest BCUT2D eigenvalue weighted by Crippen LogP contribution is 2.51. The Bertz CT molecular complexity index is 519. The number of nitrogens with zero attached hydrogens (tertiary/aromatic N) is 1. The van der Waals surface area contributed by atoms with Gasteiger partial charge in [0.25, 0.3) is 0 Å². The van der Waals surface area contributed by atoms with E-state index in [-0.39, 0.29) is 29.4 Å². The molecule has 0 radical (unpaired) electrons. The number of aliphatic imine (C=N–C) groups is 1. The molecule has 1 aliphatic rings. The normalized spacial score (nSPS) is 15.4. The molecule has 136 valence electrons. The van der Waals surface area contributed by atoms with Gasteiger partial charge in [-0.2, -0.15) is 0 Å². The smallest absolute Gasteiger partial charge is 0.191 e. The maximum Gasteiger partial charge on any atom is 0.191 e. The lowest BCUT2D eigenvalue weighted by Crippen LogP contribution is -2.39. The summed E-state index contributed by atoms with van der Waals surface area (Å²) in [5.74, 6) is 1.82. The minimum Gasteiger partial charge on any atom is -0.496 e. The van der Waals surface area contributed by atoms with Crippen molar-refractivity contribution in [3.63, 3.8) is 0 Å². The number of hydrogen-bond donors (Lipinski definition) is 2. The fraction of sp³-hybridized carbons (Fsp3) is 0.611. The Balaban J connectivity index is 0.00000288. The lowest BCUT2D eigenvalue weighted by Gasteiger charge is -2.18. The van der Waals surface area contributed by atoms with Crippen LogP contribution in [0.3, 0.4) is 0 Å². The van der Waals surface area contributed by atoms with E-state index in [9.17, 15) is 0 Å². The molecule has 1 saturated carbocycles. The zero-order valence-electron chi connectivity index (χ0n) is 14.9. The van der Waals surface area contributed by atoms with Crippen LogP contribution in [0, 0.1) is 0 Å². The third kappa shape index (κ3) is 5.81. The molecule has 0 heterocycles. The summed E-state index contributed by atoms with van der Waals surface area (Å²) in [4.78, 5) is 4.78. The molecular formula is C18H30IN3O2. The van der Waals surface area contributed by atoms with Crippen LogP contribution < -0.4 is 15.4 Å². The third-order valence-electron chi connectivity index (χ3n) is 4.16. The second-order valence-electron chi connectivity index (χ2n) is 5.80. The average molecular weight is 447 g/mol. The van der Waals surface area contributed by atoms with Crippen LogP contribution in [0.1, 0.15) is 32.3 Å². The van der Waals surface area contributed by atoms with Gasteiger partial charge in [0.1, 0.15) is 5.75 Å². The van der Waals surface area contributed by atoms with Crippen molar-refractivity contribution in [3.05, 3.63) is 29.8 Å². The predicted molar refractivity (Wildman–Crippen MR) is 110 cm³/mol. The topological polar surface area (TPSA) is 54.9 Å². The first kappa shape index (κ1) is 21.0. The molecule has 1 aromatic carbocycles. The second-order valence-corrected chi connectivity index (χ2v) is 5.80. The number of benzene rings is 1. The van der Waals surface area contributed by atoms with Gasteiger partial charge >= 0.3 is 0 Å². The first-order valence-electron chi connectivity index (χ1n) is 8.49. The lowest BCUT2D eigenvalue weighted by atomic mass is 9.95. The van der Waals surface area contributed by atoms with Crippen molar-refractivity contribution in [3.8, 4) is 5.75 Å². The Morgan fingerprint density at radius 2 is 1.96 bits per heavy atom. The number of nitrogens with one attached hydrogen (secondary N) is 2. The van der Waals surface area contributed by atoms with Crippen LogP contribution >= 0.6 is 24.0 Å². The molecular weight excluding hydrogens is 417 g/mol. The van der Waals surface area contributed by atoms with Crippen LogP contribution in [0.15, 0.2) is 29.3 Å². The van der Waals surface area contributed by atoms with Crippen LogP contribution in [0.5, 0.6) is 5.75 Å². The second kappa shape index (κ2) is 10.8. The summed E-state index contributed by atoms with van der Waals surface area (Å²) < 4.78 is 10.9. The molecule has 0 amide bonds. The molecule has 2 rings (SSSR count). The molecule has 0 aromatic heterocycles. The fourth-order valence-electron chi connectivity index (χ4n) is 2.70. The van der Waals surface area contributed by atoms with Crippen LogP contribution in [-0.2, 0) is 10.2 Å². The van der Waals surface area contributed by atoms with Crippen LogP contribution in [0.4, 0.5) is 0 Å². The summed E-state index contributed by atoms with van der Waals surface area (Å²) >= 11 is 0. The Morgan fingerprint density at radius 3 is 2.58 bits per heavy atom. The molecule has 0 saturated heterocycles. The predicted octanol–water partition coefficient (Wildman–Crippen LogP) is 2.94. The SMILES string of the molecule is CCNC(=NCC1(c2ccccc2OC)CC1)NCCOCC.I. The highest BCUT2D eigenvalue weighted by Gasteiger charge is 2.46. The maximum absolute atomic E-state index is 5.52. The molecule has 0 unspecified atom stereocenters. The average Bonchev–Trinajstić information content (AvgIpc) is 3.37. The van der Waals surface area contributed by atoms with Gasteiger partial charge < -0.3 is 20.1 Å². The van der Waals surface area contributed by atoms with Gasteiger partial charge in [0, 0.05) is 30.7 Å². The number of hydrogen-bond acceptors (Lipinski definition) is 3. The number of halogens is 1. The summed E-state index contributed by atoms with van der Waals surface area (Å²) in [5.41, 5.74) is 1.41. The van der Waals surface area contributed by atoms with E-state index in [1.54, 1.807) is 7.11 Å². The molecule has 0 aliphatic heterocycles. The third-order valence-corrected chi connectivity index (χ3v) is 4.16. The van der Waals surface area contributed by atoms with Crippen LogP contribution in [-0.4, -0.2) is 45.9 Å². The Hall–Kier alpha value is -1.02. The van der Waals surface area contributed by atoms with Crippen LogP contribution in [0.25, 0.3) is 0 Å². The summed E-state index contributed by atoms with van der Waals surface area (Å²) in [5, 5.41) is 6.61. The number of guanidine groups is 1. The van der Waals surface area contributed by atoms with Gasteiger partial charge in [0.2, 0.25) is 0 Å². The first-order valence-corrected chi connectivity index (χ1v) is 8.49. The van der Waals surface area contributed by atoms with Crippen molar-refractivity contribution in [1.29, 1.82) is 0 Å². The summed E-state index contributed by atoms with van der Waals surface area (Å²) in [6, 6.07) is 8.29. The van der Waals surface area contributed by atoms with Crippen molar-refractivity contribution in [2.75, 3.05) is 40.0 Å². The van der Waals surface area contributed by atoms with Gasteiger partial charge in [0.05, 0.1) is 20.3 Å². The first-order chi connectivity index (χ1) is 11.3. The van der Waals surface area contributed by atoms with Gasteiger partial charge in [0.15, 0.2) is 5.96 Å². The minimum atomic E-state index is 0. The standard InChI is InChI=1S/C18H29N3O2.HI/c1-4-19-17(20-12-13-23-5-2)21-14-18(10-11-18)15-8-6-7-9-16(15)22-3;/h6-9H,4-5,10-14H2,1-3H3,(H2,19,20,21);1H. The molecule has 24 heavy (non-hydrogen) atoms. The van der Waals surface area contributed by atoms with Gasteiger partial charge in [-0.3, -0.25) is 4.99 Å². The van der Waals surface area contributed by atoms with Gasteiger partial charge in [-0.05, 0) is 32.8 Å². The number of rotatable bonds is 9. The zero-order chi connectivity index (χ0) is 16.5. The number of methoxy groups -OCH3 is 1. The van der Waals surface area contributed by atoms with E-state index in [0.29, 0.717) is 6.61 Å². The Labute approximate surface area is 162 Å². The van der Waals surface area contributed by atoms with E-state index in [4.69, 9.17) is 14.5 Å². The summed E-state index contributed by atoms with van der Waals surface area (Å²) in [7, 11) is 1.73.